The molecule has 134 valence electrons. The Morgan fingerprint density at radius 2 is 1.88 bits per heavy atom. The number of carbonyl (C=O) groups excluding carboxylic acids is 1. The van der Waals surface area contributed by atoms with Crippen LogP contribution in [0.4, 0.5) is 0 Å². The van der Waals surface area contributed by atoms with Crippen LogP contribution in [0.1, 0.15) is 48.4 Å². The first-order valence-electron chi connectivity index (χ1n) is 8.80. The number of carboxylic acids is 1. The summed E-state index contributed by atoms with van der Waals surface area (Å²) in [5, 5.41) is 9.01. The standard InChI is InChI=1S/C18H29N3O3/c1-5-19(12-17(22)23)15-7-9-20(10-8-15)18(24)16-11-13(3)21(6-2)14(16)4/h11,15H,5-10,12H2,1-4H3,(H,22,23). The Bertz CT molecular complexity index is 601. The van der Waals surface area contributed by atoms with E-state index in [9.17, 15) is 9.59 Å². The average Bonchev–Trinajstić information content (AvgIpc) is 2.86. The van der Waals surface area contributed by atoms with E-state index < -0.39 is 5.97 Å². The average molecular weight is 335 g/mol. The molecule has 2 heterocycles. The quantitative estimate of drug-likeness (QED) is 0.865. The van der Waals surface area contributed by atoms with Crippen molar-refractivity contribution >= 4 is 11.9 Å². The van der Waals surface area contributed by atoms with Crippen molar-refractivity contribution in [3.8, 4) is 0 Å². The Morgan fingerprint density at radius 3 is 2.33 bits per heavy atom. The fraction of sp³-hybridized carbons (Fsp3) is 0.667. The zero-order valence-corrected chi connectivity index (χ0v) is 15.2. The van der Waals surface area contributed by atoms with Crippen molar-refractivity contribution in [1.82, 2.24) is 14.4 Å². The molecule has 1 aliphatic rings. The van der Waals surface area contributed by atoms with Crippen molar-refractivity contribution in [3.05, 3.63) is 23.0 Å². The van der Waals surface area contributed by atoms with Gasteiger partial charge in [0, 0.05) is 37.1 Å². The summed E-state index contributed by atoms with van der Waals surface area (Å²) in [5.74, 6) is -0.690. The SMILES string of the molecule is CCN(CC(=O)O)C1CCN(C(=O)c2cc(C)n(CC)c2C)CC1. The lowest BCUT2D eigenvalue weighted by Gasteiger charge is -2.37. The van der Waals surface area contributed by atoms with Crippen molar-refractivity contribution in [3.63, 3.8) is 0 Å². The molecule has 0 aliphatic carbocycles. The second-order valence-electron chi connectivity index (χ2n) is 6.51. The first-order valence-corrected chi connectivity index (χ1v) is 8.80. The summed E-state index contributed by atoms with van der Waals surface area (Å²) >= 11 is 0. The first-order chi connectivity index (χ1) is 11.4. The van der Waals surface area contributed by atoms with Crippen LogP contribution in [0, 0.1) is 13.8 Å². The van der Waals surface area contributed by atoms with Crippen LogP contribution in [0.2, 0.25) is 0 Å². The predicted molar refractivity (Wildman–Crippen MR) is 93.4 cm³/mol. The minimum atomic E-state index is -0.789. The third-order valence-corrected chi connectivity index (χ3v) is 5.13. The highest BCUT2D eigenvalue weighted by molar-refractivity contribution is 5.95. The maximum Gasteiger partial charge on any atom is 0.317 e. The maximum atomic E-state index is 12.8. The number of aliphatic carboxylic acids is 1. The number of carbonyl (C=O) groups is 2. The number of hydrogen-bond donors (Lipinski definition) is 1. The van der Waals surface area contributed by atoms with E-state index in [0.29, 0.717) is 13.1 Å². The van der Waals surface area contributed by atoms with Gasteiger partial charge >= 0.3 is 5.97 Å². The minimum absolute atomic E-state index is 0.0762. The highest BCUT2D eigenvalue weighted by atomic mass is 16.4. The molecule has 0 aromatic carbocycles. The smallest absolute Gasteiger partial charge is 0.317 e. The van der Waals surface area contributed by atoms with Crippen LogP contribution in [0.15, 0.2) is 6.07 Å². The molecule has 1 aromatic rings. The van der Waals surface area contributed by atoms with Crippen LogP contribution in [-0.2, 0) is 11.3 Å². The fourth-order valence-corrected chi connectivity index (χ4v) is 3.78. The lowest BCUT2D eigenvalue weighted by molar-refractivity contribution is -0.139. The number of aryl methyl sites for hydroxylation is 1. The number of rotatable bonds is 6. The van der Waals surface area contributed by atoms with Gasteiger partial charge in [-0.25, -0.2) is 0 Å². The van der Waals surface area contributed by atoms with Crippen LogP contribution in [0.3, 0.4) is 0 Å². The van der Waals surface area contributed by atoms with Crippen molar-refractivity contribution < 1.29 is 14.7 Å². The molecule has 6 heteroatoms. The summed E-state index contributed by atoms with van der Waals surface area (Å²) in [6, 6.07) is 2.23. The molecular weight excluding hydrogens is 306 g/mol. The van der Waals surface area contributed by atoms with Crippen molar-refractivity contribution in [2.24, 2.45) is 0 Å². The van der Waals surface area contributed by atoms with E-state index in [-0.39, 0.29) is 18.5 Å². The van der Waals surface area contributed by atoms with Gasteiger partial charge in [0.15, 0.2) is 0 Å². The summed E-state index contributed by atoms with van der Waals surface area (Å²) in [6.45, 7) is 11.2. The first kappa shape index (κ1) is 18.5. The molecule has 1 fully saturated rings. The Labute approximate surface area is 144 Å². The number of likely N-dealkylation sites (N-methyl/N-ethyl adjacent to an activating group) is 1. The van der Waals surface area contributed by atoms with Crippen LogP contribution in [0.25, 0.3) is 0 Å². The summed E-state index contributed by atoms with van der Waals surface area (Å²) in [5.41, 5.74) is 2.95. The second kappa shape index (κ2) is 7.83. The summed E-state index contributed by atoms with van der Waals surface area (Å²) in [4.78, 5) is 27.7. The molecule has 2 rings (SSSR count). The maximum absolute atomic E-state index is 12.8. The van der Waals surface area contributed by atoms with E-state index in [1.54, 1.807) is 0 Å². The van der Waals surface area contributed by atoms with Gasteiger partial charge in [0.1, 0.15) is 0 Å². The van der Waals surface area contributed by atoms with E-state index in [1.807, 2.05) is 36.6 Å². The highest BCUT2D eigenvalue weighted by Crippen LogP contribution is 2.21. The lowest BCUT2D eigenvalue weighted by Crippen LogP contribution is -2.48. The Balaban J connectivity index is 2.01. The summed E-state index contributed by atoms with van der Waals surface area (Å²) < 4.78 is 2.16. The Morgan fingerprint density at radius 1 is 1.25 bits per heavy atom. The third-order valence-electron chi connectivity index (χ3n) is 5.13. The summed E-state index contributed by atoms with van der Waals surface area (Å²) in [6.07, 6.45) is 1.67. The molecule has 1 aromatic heterocycles. The normalized spacial score (nSPS) is 16.0. The number of likely N-dealkylation sites (tertiary alicyclic amines) is 1. The fourth-order valence-electron chi connectivity index (χ4n) is 3.78. The largest absolute Gasteiger partial charge is 0.480 e. The van der Waals surface area contributed by atoms with Crippen LogP contribution < -0.4 is 0 Å². The van der Waals surface area contributed by atoms with Gasteiger partial charge in [-0.2, -0.15) is 0 Å². The zero-order valence-electron chi connectivity index (χ0n) is 15.2. The molecule has 0 radical (unpaired) electrons. The molecular formula is C18H29N3O3. The Kier molecular flexibility index (Phi) is 6.04. The molecule has 0 bridgehead atoms. The van der Waals surface area contributed by atoms with E-state index in [0.717, 1.165) is 42.9 Å². The van der Waals surface area contributed by atoms with E-state index >= 15 is 0 Å². The molecule has 1 aliphatic heterocycles. The zero-order chi connectivity index (χ0) is 17.9. The van der Waals surface area contributed by atoms with Crippen molar-refractivity contribution in [2.45, 2.75) is 53.1 Å². The molecule has 0 spiro atoms. The molecule has 0 unspecified atom stereocenters. The van der Waals surface area contributed by atoms with Crippen molar-refractivity contribution in [2.75, 3.05) is 26.2 Å². The van der Waals surface area contributed by atoms with Gasteiger partial charge in [0.2, 0.25) is 0 Å². The van der Waals surface area contributed by atoms with Crippen LogP contribution in [-0.4, -0.2) is 63.6 Å². The van der Waals surface area contributed by atoms with Gasteiger partial charge in [-0.3, -0.25) is 14.5 Å². The number of carboxylic acid groups (broad SMARTS) is 1. The van der Waals surface area contributed by atoms with E-state index in [1.165, 1.54) is 0 Å². The van der Waals surface area contributed by atoms with E-state index in [2.05, 4.69) is 11.5 Å². The molecule has 1 saturated heterocycles. The van der Waals surface area contributed by atoms with E-state index in [4.69, 9.17) is 5.11 Å². The van der Waals surface area contributed by atoms with Crippen molar-refractivity contribution in [1.29, 1.82) is 0 Å². The van der Waals surface area contributed by atoms with Gasteiger partial charge in [-0.05, 0) is 46.2 Å². The van der Waals surface area contributed by atoms with Crippen LogP contribution in [0.5, 0.6) is 0 Å². The number of nitrogens with zero attached hydrogens (tertiary/aromatic N) is 3. The van der Waals surface area contributed by atoms with Gasteiger partial charge in [0.25, 0.3) is 5.91 Å². The number of hydrogen-bond acceptors (Lipinski definition) is 3. The third kappa shape index (κ3) is 3.80. The monoisotopic (exact) mass is 335 g/mol. The molecule has 6 nitrogen and oxygen atoms in total. The van der Waals surface area contributed by atoms with Gasteiger partial charge in [-0.15, -0.1) is 0 Å². The van der Waals surface area contributed by atoms with Gasteiger partial charge in [-0.1, -0.05) is 6.92 Å². The molecule has 0 saturated carbocycles. The topological polar surface area (TPSA) is 65.8 Å². The number of aromatic nitrogens is 1. The predicted octanol–water partition coefficient (Wildman–Crippen LogP) is 2.14. The second-order valence-corrected chi connectivity index (χ2v) is 6.51. The molecule has 24 heavy (non-hydrogen) atoms. The number of piperidine rings is 1. The lowest BCUT2D eigenvalue weighted by atomic mass is 10.0. The molecule has 1 amide bonds. The minimum Gasteiger partial charge on any atom is -0.480 e. The molecule has 1 N–H and O–H groups in total. The summed E-state index contributed by atoms with van der Waals surface area (Å²) in [7, 11) is 0. The number of amides is 1. The highest BCUT2D eigenvalue weighted by Gasteiger charge is 2.29. The van der Waals surface area contributed by atoms with Gasteiger partial charge < -0.3 is 14.6 Å². The van der Waals surface area contributed by atoms with Gasteiger partial charge in [0.05, 0.1) is 12.1 Å². The molecule has 0 atom stereocenters. The Hall–Kier alpha value is -1.82. The van der Waals surface area contributed by atoms with Crippen LogP contribution >= 0.6 is 0 Å².